The summed E-state index contributed by atoms with van der Waals surface area (Å²) in [4.78, 5) is 28.0. The molecule has 1 atom stereocenters. The van der Waals surface area contributed by atoms with Crippen LogP contribution in [-0.4, -0.2) is 40.4 Å². The van der Waals surface area contributed by atoms with E-state index < -0.39 is 0 Å². The molecule has 4 heterocycles. The number of carbonyl (C=O) groups is 1. The highest BCUT2D eigenvalue weighted by Gasteiger charge is 2.35. The fourth-order valence-electron chi connectivity index (χ4n) is 4.24. The Morgan fingerprint density at radius 3 is 2.69 bits per heavy atom. The van der Waals surface area contributed by atoms with Crippen molar-refractivity contribution in [1.29, 1.82) is 0 Å². The molecule has 1 fully saturated rings. The van der Waals surface area contributed by atoms with Crippen LogP contribution in [0.4, 0.5) is 5.95 Å². The summed E-state index contributed by atoms with van der Waals surface area (Å²) in [6.45, 7) is 2.49. The molecule has 0 spiro atoms. The van der Waals surface area contributed by atoms with Crippen LogP contribution in [0.25, 0.3) is 0 Å². The molecule has 148 valence electrons. The number of thiophene rings is 1. The van der Waals surface area contributed by atoms with Crippen molar-refractivity contribution in [1.82, 2.24) is 14.9 Å². The number of rotatable bonds is 3. The van der Waals surface area contributed by atoms with E-state index in [9.17, 15) is 4.79 Å². The second kappa shape index (κ2) is 7.76. The van der Waals surface area contributed by atoms with Gasteiger partial charge in [0.2, 0.25) is 5.95 Å². The normalized spacial score (nSPS) is 18.7. The average Bonchev–Trinajstić information content (AvgIpc) is 3.45. The summed E-state index contributed by atoms with van der Waals surface area (Å²) in [6.07, 6.45) is 4.66. The maximum Gasteiger partial charge on any atom is 0.275 e. The number of anilines is 1. The summed E-state index contributed by atoms with van der Waals surface area (Å²) in [5, 5.41) is 2.42. The molecule has 1 unspecified atom stereocenters. The Labute approximate surface area is 179 Å². The Balaban J connectivity index is 1.54. The van der Waals surface area contributed by atoms with Crippen LogP contribution >= 0.6 is 22.9 Å². The van der Waals surface area contributed by atoms with E-state index in [1.165, 1.54) is 10.4 Å². The summed E-state index contributed by atoms with van der Waals surface area (Å²) < 4.78 is 0. The Morgan fingerprint density at radius 2 is 1.90 bits per heavy atom. The number of hydrogen-bond donors (Lipinski definition) is 0. The van der Waals surface area contributed by atoms with Crippen LogP contribution in [0.2, 0.25) is 5.02 Å². The van der Waals surface area contributed by atoms with Gasteiger partial charge in [-0.25, -0.2) is 9.97 Å². The lowest BCUT2D eigenvalue weighted by Gasteiger charge is -2.36. The quantitative estimate of drug-likeness (QED) is 0.617. The van der Waals surface area contributed by atoms with Crippen molar-refractivity contribution in [3.05, 3.63) is 74.7 Å². The van der Waals surface area contributed by atoms with E-state index >= 15 is 0 Å². The van der Waals surface area contributed by atoms with Crippen LogP contribution in [-0.2, 0) is 6.42 Å². The van der Waals surface area contributed by atoms with Gasteiger partial charge in [0.05, 0.1) is 17.3 Å². The molecule has 0 saturated carbocycles. The van der Waals surface area contributed by atoms with Gasteiger partial charge in [0.25, 0.3) is 5.91 Å². The van der Waals surface area contributed by atoms with E-state index in [2.05, 4.69) is 38.4 Å². The van der Waals surface area contributed by atoms with Crippen molar-refractivity contribution in [2.24, 2.45) is 0 Å². The van der Waals surface area contributed by atoms with Gasteiger partial charge in [-0.15, -0.1) is 11.3 Å². The maximum absolute atomic E-state index is 13.6. The predicted molar refractivity (Wildman–Crippen MR) is 116 cm³/mol. The van der Waals surface area contributed by atoms with E-state index in [0.717, 1.165) is 37.9 Å². The number of nitrogens with zero attached hydrogens (tertiary/aromatic N) is 4. The van der Waals surface area contributed by atoms with Crippen LogP contribution in [0.5, 0.6) is 0 Å². The third-order valence-corrected chi connectivity index (χ3v) is 6.94. The van der Waals surface area contributed by atoms with Crippen LogP contribution < -0.4 is 4.90 Å². The molecule has 5 rings (SSSR count). The summed E-state index contributed by atoms with van der Waals surface area (Å²) in [6, 6.07) is 12.2. The molecule has 29 heavy (non-hydrogen) atoms. The van der Waals surface area contributed by atoms with Crippen LogP contribution in [0.3, 0.4) is 0 Å². The Morgan fingerprint density at radius 1 is 1.10 bits per heavy atom. The molecule has 1 aromatic carbocycles. The van der Waals surface area contributed by atoms with Crippen LogP contribution in [0.15, 0.2) is 48.0 Å². The molecule has 0 bridgehead atoms. The lowest BCUT2D eigenvalue weighted by atomic mass is 9.93. The zero-order valence-corrected chi connectivity index (χ0v) is 17.5. The van der Waals surface area contributed by atoms with Crippen molar-refractivity contribution >= 4 is 34.8 Å². The second-order valence-electron chi connectivity index (χ2n) is 7.42. The molecule has 5 nitrogen and oxygen atoms in total. The maximum atomic E-state index is 13.6. The first-order valence-corrected chi connectivity index (χ1v) is 11.2. The molecular formula is C22H21ClN4OS. The minimum absolute atomic E-state index is 0.125. The molecule has 0 radical (unpaired) electrons. The number of halogens is 1. The monoisotopic (exact) mass is 424 g/mol. The predicted octanol–water partition coefficient (Wildman–Crippen LogP) is 4.58. The molecule has 7 heteroatoms. The zero-order chi connectivity index (χ0) is 19.8. The number of benzene rings is 1. The summed E-state index contributed by atoms with van der Waals surface area (Å²) in [5.74, 6) is 0.461. The highest BCUT2D eigenvalue weighted by atomic mass is 35.5. The van der Waals surface area contributed by atoms with Crippen molar-refractivity contribution in [2.75, 3.05) is 24.5 Å². The average molecular weight is 425 g/mol. The largest absolute Gasteiger partial charge is 0.341 e. The van der Waals surface area contributed by atoms with Crippen molar-refractivity contribution in [3.8, 4) is 0 Å². The first-order valence-electron chi connectivity index (χ1n) is 9.92. The third-order valence-electron chi connectivity index (χ3n) is 5.66. The lowest BCUT2D eigenvalue weighted by Crippen LogP contribution is -2.40. The molecule has 2 aliphatic heterocycles. The highest BCUT2D eigenvalue weighted by molar-refractivity contribution is 7.10. The molecule has 1 amide bonds. The molecule has 2 aromatic heterocycles. The van der Waals surface area contributed by atoms with E-state index in [4.69, 9.17) is 11.6 Å². The number of fused-ring (bicyclic) bond motifs is 1. The molecule has 0 aliphatic carbocycles. The fourth-order valence-corrected chi connectivity index (χ4v) is 5.32. The zero-order valence-electron chi connectivity index (χ0n) is 15.9. The van der Waals surface area contributed by atoms with E-state index in [1.54, 1.807) is 17.5 Å². The van der Waals surface area contributed by atoms with Gasteiger partial charge in [-0.05, 0) is 41.8 Å². The van der Waals surface area contributed by atoms with Crippen LogP contribution in [0, 0.1) is 0 Å². The van der Waals surface area contributed by atoms with Gasteiger partial charge >= 0.3 is 0 Å². The lowest BCUT2D eigenvalue weighted by molar-refractivity contribution is 0.0690. The molecule has 0 N–H and O–H groups in total. The summed E-state index contributed by atoms with van der Waals surface area (Å²) in [5.41, 5.74) is 2.60. The van der Waals surface area contributed by atoms with E-state index in [1.807, 2.05) is 23.1 Å². The van der Waals surface area contributed by atoms with Gasteiger partial charge in [0.15, 0.2) is 5.69 Å². The minimum atomic E-state index is -0.136. The number of carbonyl (C=O) groups excluding carboxylic acids is 1. The molecule has 3 aromatic rings. The standard InChI is InChI=1S/C22H21ClN4OS/c23-17-14-24-22(26-10-4-5-11-26)25-19(17)21(28)27-12-8-18-16(9-13-29-18)20(27)15-6-2-1-3-7-15/h1-3,6-7,9,13-14,20H,4-5,8,10-12H2. The topological polar surface area (TPSA) is 49.3 Å². The second-order valence-corrected chi connectivity index (χ2v) is 8.83. The van der Waals surface area contributed by atoms with Crippen molar-refractivity contribution < 1.29 is 4.79 Å². The Bertz CT molecular complexity index is 1030. The number of hydrogen-bond acceptors (Lipinski definition) is 5. The summed E-state index contributed by atoms with van der Waals surface area (Å²) >= 11 is 8.16. The molecule has 1 saturated heterocycles. The Hall–Kier alpha value is -2.44. The third kappa shape index (κ3) is 3.40. The first kappa shape index (κ1) is 18.6. The SMILES string of the molecule is O=C(c1nc(N2CCCC2)ncc1Cl)N1CCc2sccc2C1c1ccccc1. The Kier molecular flexibility index (Phi) is 4.97. The molecule has 2 aliphatic rings. The van der Waals surface area contributed by atoms with E-state index in [-0.39, 0.29) is 11.9 Å². The fraction of sp³-hybridized carbons (Fsp3) is 0.318. The van der Waals surface area contributed by atoms with Gasteiger partial charge in [0, 0.05) is 24.5 Å². The van der Waals surface area contributed by atoms with Crippen molar-refractivity contribution in [3.63, 3.8) is 0 Å². The highest BCUT2D eigenvalue weighted by Crippen LogP contribution is 2.38. The van der Waals surface area contributed by atoms with Crippen molar-refractivity contribution in [2.45, 2.75) is 25.3 Å². The van der Waals surface area contributed by atoms with Gasteiger partial charge in [-0.1, -0.05) is 41.9 Å². The number of aromatic nitrogens is 2. The van der Waals surface area contributed by atoms with Gasteiger partial charge in [-0.2, -0.15) is 0 Å². The smallest absolute Gasteiger partial charge is 0.275 e. The van der Waals surface area contributed by atoms with Gasteiger partial charge in [0.1, 0.15) is 0 Å². The van der Waals surface area contributed by atoms with Crippen LogP contribution in [0.1, 0.15) is 45.4 Å². The molecular weight excluding hydrogens is 404 g/mol. The van der Waals surface area contributed by atoms with Gasteiger partial charge in [-0.3, -0.25) is 4.79 Å². The minimum Gasteiger partial charge on any atom is -0.341 e. The van der Waals surface area contributed by atoms with Gasteiger partial charge < -0.3 is 9.80 Å². The number of amides is 1. The van der Waals surface area contributed by atoms with E-state index in [0.29, 0.717) is 23.2 Å². The first-order chi connectivity index (χ1) is 14.2. The summed E-state index contributed by atoms with van der Waals surface area (Å²) in [7, 11) is 0.